The van der Waals surface area contributed by atoms with Crippen molar-refractivity contribution in [3.05, 3.63) is 0 Å². The van der Waals surface area contributed by atoms with Crippen LogP contribution in [-0.2, 0) is 29.7 Å². The second-order valence-corrected chi connectivity index (χ2v) is 10.3. The summed E-state index contributed by atoms with van der Waals surface area (Å²) in [5.41, 5.74) is 0. The Labute approximate surface area is 107 Å². The third kappa shape index (κ3) is 7.97. The second-order valence-electron chi connectivity index (χ2n) is 3.99. The fraction of sp³-hybridized carbons (Fsp3) is 1.00. The normalized spacial score (nSPS) is 18.2. The highest BCUT2D eigenvalue weighted by molar-refractivity contribution is 7.94. The van der Waals surface area contributed by atoms with Gasteiger partial charge in [-0.1, -0.05) is 0 Å². The van der Waals surface area contributed by atoms with Gasteiger partial charge in [0.15, 0.2) is 0 Å². The summed E-state index contributed by atoms with van der Waals surface area (Å²) in [6.07, 6.45) is 0.957. The van der Waals surface area contributed by atoms with Crippen molar-refractivity contribution >= 4 is 29.7 Å². The Morgan fingerprint density at radius 2 is 1.61 bits per heavy atom. The maximum Gasteiger partial charge on any atom is 0.271 e. The molecule has 0 bridgehead atoms. The predicted molar refractivity (Wildman–Crippen MR) is 67.3 cm³/mol. The van der Waals surface area contributed by atoms with Gasteiger partial charge in [0.1, 0.15) is 15.1 Å². The van der Waals surface area contributed by atoms with Crippen LogP contribution in [0, 0.1) is 4.78 Å². The summed E-state index contributed by atoms with van der Waals surface area (Å²) in [7, 11) is -11.2. The Morgan fingerprint density at radius 3 is 1.94 bits per heavy atom. The second kappa shape index (κ2) is 6.28. The lowest BCUT2D eigenvalue weighted by molar-refractivity contribution is 0.290. The number of aliphatic hydroxyl groups excluding tert-OH is 1. The van der Waals surface area contributed by atoms with Gasteiger partial charge in [0.05, 0.1) is 18.1 Å². The van der Waals surface area contributed by atoms with Crippen LogP contribution in [0.25, 0.3) is 0 Å². The molecule has 110 valence electrons. The molecule has 0 rings (SSSR count). The van der Waals surface area contributed by atoms with Crippen LogP contribution in [0.1, 0.15) is 6.42 Å². The third-order valence-electron chi connectivity index (χ3n) is 2.07. The number of hydrogen-bond acceptors (Lipinski definition) is 7. The van der Waals surface area contributed by atoms with Crippen molar-refractivity contribution in [1.29, 1.82) is 4.78 Å². The molecule has 18 heavy (non-hydrogen) atoms. The monoisotopic (exact) mass is 323 g/mol. The maximum atomic E-state index is 11.7. The van der Waals surface area contributed by atoms with Gasteiger partial charge in [0, 0.05) is 21.7 Å². The zero-order valence-electron chi connectivity index (χ0n) is 9.77. The van der Waals surface area contributed by atoms with Crippen molar-refractivity contribution in [2.75, 3.05) is 30.1 Å². The zero-order valence-corrected chi connectivity index (χ0v) is 12.2. The van der Waals surface area contributed by atoms with E-state index in [2.05, 4.69) is 0 Å². The van der Waals surface area contributed by atoms with Crippen LogP contribution in [0.5, 0.6) is 0 Å². The van der Waals surface area contributed by atoms with E-state index in [0.717, 1.165) is 6.26 Å². The fourth-order valence-corrected chi connectivity index (χ4v) is 5.04. The molecule has 0 aromatic heterocycles. The molecule has 0 radical (unpaired) electrons. The van der Waals surface area contributed by atoms with Crippen LogP contribution in [0.4, 0.5) is 0 Å². The molecule has 11 heteroatoms. The quantitative estimate of drug-likeness (QED) is 0.471. The Bertz CT molecular complexity index is 560. The SMILES string of the molecule is CS(=O)(=O)CCCS(=N)(=O)CC(CO)S(=O)(=O)O. The molecular weight excluding hydrogens is 306 g/mol. The van der Waals surface area contributed by atoms with E-state index in [1.165, 1.54) is 0 Å². The predicted octanol–water partition coefficient (Wildman–Crippen LogP) is -1.28. The lowest BCUT2D eigenvalue weighted by Gasteiger charge is -2.13. The molecule has 2 unspecified atom stereocenters. The topological polar surface area (TPSA) is 150 Å². The van der Waals surface area contributed by atoms with E-state index in [4.69, 9.17) is 14.4 Å². The standard InChI is InChI=1S/C7H17NO7S3/c1-16(10,11)3-2-4-17(8,12)6-7(5-9)18(13,14)15/h7-9H,2-6H2,1H3,(H,13,14,15). The molecule has 0 aliphatic rings. The first kappa shape index (κ1) is 17.8. The molecule has 0 spiro atoms. The van der Waals surface area contributed by atoms with Crippen molar-refractivity contribution in [2.24, 2.45) is 0 Å². The summed E-state index contributed by atoms with van der Waals surface area (Å²) < 4.78 is 70.9. The number of hydrogen-bond donors (Lipinski definition) is 3. The van der Waals surface area contributed by atoms with Gasteiger partial charge in [0.2, 0.25) is 0 Å². The van der Waals surface area contributed by atoms with Gasteiger partial charge in [-0.05, 0) is 6.42 Å². The van der Waals surface area contributed by atoms with E-state index in [1.54, 1.807) is 0 Å². The number of rotatable bonds is 8. The van der Waals surface area contributed by atoms with Crippen LogP contribution in [-0.4, -0.2) is 66.1 Å². The molecule has 2 atom stereocenters. The molecule has 8 nitrogen and oxygen atoms in total. The number of aliphatic hydroxyl groups is 1. The van der Waals surface area contributed by atoms with Crippen molar-refractivity contribution in [1.82, 2.24) is 0 Å². The van der Waals surface area contributed by atoms with Gasteiger partial charge in [-0.15, -0.1) is 0 Å². The Hall–Kier alpha value is -0.230. The van der Waals surface area contributed by atoms with Gasteiger partial charge in [0.25, 0.3) is 10.1 Å². The van der Waals surface area contributed by atoms with Crippen LogP contribution >= 0.6 is 0 Å². The Balaban J connectivity index is 4.58. The smallest absolute Gasteiger partial charge is 0.271 e. The van der Waals surface area contributed by atoms with E-state index < -0.39 is 47.3 Å². The molecule has 3 N–H and O–H groups in total. The highest BCUT2D eigenvalue weighted by atomic mass is 32.2. The average Bonchev–Trinajstić information content (AvgIpc) is 2.09. The Morgan fingerprint density at radius 1 is 1.11 bits per heavy atom. The Kier molecular flexibility index (Phi) is 6.20. The van der Waals surface area contributed by atoms with E-state index in [9.17, 15) is 21.0 Å². The number of nitrogens with one attached hydrogen (secondary N) is 1. The van der Waals surface area contributed by atoms with Crippen LogP contribution in [0.3, 0.4) is 0 Å². The van der Waals surface area contributed by atoms with Gasteiger partial charge >= 0.3 is 0 Å². The molecule has 0 amide bonds. The minimum atomic E-state index is -4.57. The zero-order chi connectivity index (χ0) is 14.6. The van der Waals surface area contributed by atoms with E-state index in [-0.39, 0.29) is 17.9 Å². The molecule has 0 saturated heterocycles. The first-order chi connectivity index (χ1) is 7.87. The lowest BCUT2D eigenvalue weighted by atomic mass is 10.5. The highest BCUT2D eigenvalue weighted by Gasteiger charge is 2.26. The third-order valence-corrected chi connectivity index (χ3v) is 6.36. The summed E-state index contributed by atoms with van der Waals surface area (Å²) >= 11 is 0. The first-order valence-corrected chi connectivity index (χ1v) is 10.3. The summed E-state index contributed by atoms with van der Waals surface area (Å²) in [5, 5.41) is 7.06. The largest absolute Gasteiger partial charge is 0.395 e. The average molecular weight is 323 g/mol. The molecule has 0 heterocycles. The number of sulfone groups is 1. The van der Waals surface area contributed by atoms with Crippen molar-refractivity contribution in [3.8, 4) is 0 Å². The summed E-state index contributed by atoms with van der Waals surface area (Å²) in [5.74, 6) is -1.27. The van der Waals surface area contributed by atoms with Gasteiger partial charge in [-0.3, -0.25) is 9.33 Å². The maximum absolute atomic E-state index is 11.7. The first-order valence-electron chi connectivity index (χ1n) is 4.86. The van der Waals surface area contributed by atoms with E-state index >= 15 is 0 Å². The fourth-order valence-electron chi connectivity index (χ4n) is 1.17. The molecule has 0 aliphatic heterocycles. The molecule has 0 fully saturated rings. The van der Waals surface area contributed by atoms with Gasteiger partial charge in [-0.25, -0.2) is 12.6 Å². The lowest BCUT2D eigenvalue weighted by Crippen LogP contribution is -2.33. The summed E-state index contributed by atoms with van der Waals surface area (Å²) in [6, 6.07) is 0. The van der Waals surface area contributed by atoms with Crippen LogP contribution < -0.4 is 0 Å². The molecule has 0 aliphatic carbocycles. The van der Waals surface area contributed by atoms with Crippen LogP contribution in [0.15, 0.2) is 0 Å². The molecular formula is C7H17NO7S3. The minimum absolute atomic E-state index is 0.0369. The van der Waals surface area contributed by atoms with E-state index in [0.29, 0.717) is 0 Å². The van der Waals surface area contributed by atoms with Crippen LogP contribution in [0.2, 0.25) is 0 Å². The minimum Gasteiger partial charge on any atom is -0.395 e. The summed E-state index contributed by atoms with van der Waals surface area (Å²) in [6.45, 7) is -0.944. The van der Waals surface area contributed by atoms with Gasteiger partial charge < -0.3 is 5.11 Å². The highest BCUT2D eigenvalue weighted by Crippen LogP contribution is 2.06. The summed E-state index contributed by atoms with van der Waals surface area (Å²) in [4.78, 5) is 0. The van der Waals surface area contributed by atoms with Gasteiger partial charge in [-0.2, -0.15) is 8.42 Å². The van der Waals surface area contributed by atoms with E-state index in [1.807, 2.05) is 0 Å². The van der Waals surface area contributed by atoms with Crippen molar-refractivity contribution in [3.63, 3.8) is 0 Å². The van der Waals surface area contributed by atoms with Crippen molar-refractivity contribution in [2.45, 2.75) is 11.7 Å². The molecule has 0 saturated carbocycles. The molecule has 0 aromatic rings. The molecule has 0 aromatic carbocycles. The van der Waals surface area contributed by atoms with Crippen molar-refractivity contribution < 1.29 is 30.7 Å².